The minimum atomic E-state index is -0.564. The van der Waals surface area contributed by atoms with E-state index in [9.17, 15) is 4.79 Å². The molecule has 0 spiro atoms. The summed E-state index contributed by atoms with van der Waals surface area (Å²) >= 11 is 5.89. The SMILES string of the molecule is CCOC(=O)c1cc(Cl)cc(NC(C#N)=C(C#N)C#N)c1. The molecule has 1 aromatic rings. The molecule has 0 amide bonds. The van der Waals surface area contributed by atoms with Crippen molar-refractivity contribution in [3.8, 4) is 18.2 Å². The minimum absolute atomic E-state index is 0.194. The Kier molecular flexibility index (Phi) is 5.77. The number of carbonyl (C=O) groups is 1. The lowest BCUT2D eigenvalue weighted by molar-refractivity contribution is 0.0526. The van der Waals surface area contributed by atoms with Gasteiger partial charge in [-0.15, -0.1) is 0 Å². The molecule has 6 nitrogen and oxygen atoms in total. The van der Waals surface area contributed by atoms with Crippen molar-refractivity contribution in [1.82, 2.24) is 0 Å². The van der Waals surface area contributed by atoms with Gasteiger partial charge in [-0.05, 0) is 25.1 Å². The molecule has 0 aliphatic carbocycles. The molecule has 104 valence electrons. The van der Waals surface area contributed by atoms with Crippen molar-refractivity contribution in [2.24, 2.45) is 0 Å². The second kappa shape index (κ2) is 7.55. The molecular weight excluding hydrogens is 292 g/mol. The number of nitriles is 3. The van der Waals surface area contributed by atoms with Gasteiger partial charge in [0.1, 0.15) is 23.9 Å². The Balaban J connectivity index is 3.20. The van der Waals surface area contributed by atoms with E-state index in [2.05, 4.69) is 5.32 Å². The topological polar surface area (TPSA) is 110 Å². The van der Waals surface area contributed by atoms with Gasteiger partial charge in [-0.2, -0.15) is 15.8 Å². The number of rotatable bonds is 4. The van der Waals surface area contributed by atoms with Gasteiger partial charge in [0.2, 0.25) is 0 Å². The molecule has 0 atom stereocenters. The van der Waals surface area contributed by atoms with Crippen molar-refractivity contribution in [2.45, 2.75) is 6.92 Å². The van der Waals surface area contributed by atoms with Crippen LogP contribution in [0.3, 0.4) is 0 Å². The molecule has 0 aliphatic heterocycles. The number of benzene rings is 1. The van der Waals surface area contributed by atoms with Crippen molar-refractivity contribution >= 4 is 23.3 Å². The van der Waals surface area contributed by atoms with Gasteiger partial charge in [0.05, 0.1) is 12.2 Å². The zero-order valence-corrected chi connectivity index (χ0v) is 11.7. The molecule has 0 aliphatic rings. The Morgan fingerprint density at radius 2 is 1.90 bits per heavy atom. The van der Waals surface area contributed by atoms with E-state index < -0.39 is 5.97 Å². The summed E-state index contributed by atoms with van der Waals surface area (Å²) < 4.78 is 4.85. The van der Waals surface area contributed by atoms with Crippen LogP contribution in [-0.2, 0) is 4.74 Å². The number of carbonyl (C=O) groups excluding carboxylic acids is 1. The van der Waals surface area contributed by atoms with E-state index in [1.807, 2.05) is 0 Å². The van der Waals surface area contributed by atoms with Gasteiger partial charge in [-0.1, -0.05) is 11.6 Å². The Morgan fingerprint density at radius 3 is 2.43 bits per heavy atom. The van der Waals surface area contributed by atoms with E-state index in [1.54, 1.807) is 25.1 Å². The molecule has 0 fully saturated rings. The number of hydrogen-bond donors (Lipinski definition) is 1. The molecule has 7 heteroatoms. The maximum Gasteiger partial charge on any atom is 0.338 e. The number of nitrogens with one attached hydrogen (secondary N) is 1. The standard InChI is InChI=1S/C14H9ClN4O2/c1-2-21-14(20)9-3-11(15)5-12(4-9)19-13(8-18)10(6-16)7-17/h3-5,19H,2H2,1H3. The van der Waals surface area contributed by atoms with Gasteiger partial charge in [-0.3, -0.25) is 0 Å². The average molecular weight is 301 g/mol. The third-order valence-corrected chi connectivity index (χ3v) is 2.48. The molecule has 1 N–H and O–H groups in total. The summed E-state index contributed by atoms with van der Waals surface area (Å²) in [6.45, 7) is 1.88. The van der Waals surface area contributed by atoms with Crippen LogP contribution in [0.2, 0.25) is 5.02 Å². The molecular formula is C14H9ClN4O2. The maximum atomic E-state index is 11.7. The number of halogens is 1. The van der Waals surface area contributed by atoms with Crippen LogP contribution < -0.4 is 5.32 Å². The van der Waals surface area contributed by atoms with Gasteiger partial charge < -0.3 is 10.1 Å². The largest absolute Gasteiger partial charge is 0.462 e. The lowest BCUT2D eigenvalue weighted by Gasteiger charge is -2.08. The second-order valence-corrected chi connectivity index (χ2v) is 4.10. The monoisotopic (exact) mass is 300 g/mol. The summed E-state index contributed by atoms with van der Waals surface area (Å²) in [5.41, 5.74) is -0.100. The Labute approximate surface area is 126 Å². The number of nitrogens with zero attached hydrogens (tertiary/aromatic N) is 3. The second-order valence-electron chi connectivity index (χ2n) is 3.66. The molecule has 0 saturated heterocycles. The quantitative estimate of drug-likeness (QED) is 0.676. The highest BCUT2D eigenvalue weighted by molar-refractivity contribution is 6.31. The van der Waals surface area contributed by atoms with Crippen molar-refractivity contribution in [1.29, 1.82) is 15.8 Å². The van der Waals surface area contributed by atoms with E-state index in [-0.39, 0.29) is 28.5 Å². The highest BCUT2D eigenvalue weighted by atomic mass is 35.5. The number of allylic oxidation sites excluding steroid dienone is 2. The van der Waals surface area contributed by atoms with Crippen LogP contribution in [0, 0.1) is 34.0 Å². The van der Waals surface area contributed by atoms with E-state index in [0.717, 1.165) is 0 Å². The van der Waals surface area contributed by atoms with E-state index in [1.165, 1.54) is 18.2 Å². The first-order valence-corrected chi connectivity index (χ1v) is 6.12. The predicted molar refractivity (Wildman–Crippen MR) is 74.9 cm³/mol. The molecule has 0 saturated carbocycles. The normalized spacial score (nSPS) is 8.71. The molecule has 0 unspecified atom stereocenters. The number of hydrogen-bond acceptors (Lipinski definition) is 6. The van der Waals surface area contributed by atoms with Crippen LogP contribution in [0.5, 0.6) is 0 Å². The molecule has 1 aromatic carbocycles. The van der Waals surface area contributed by atoms with Gasteiger partial charge in [0.15, 0.2) is 5.57 Å². The third kappa shape index (κ3) is 4.24. The van der Waals surface area contributed by atoms with E-state index >= 15 is 0 Å². The summed E-state index contributed by atoms with van der Waals surface area (Å²) in [6, 6.07) is 9.19. The van der Waals surface area contributed by atoms with Gasteiger partial charge in [-0.25, -0.2) is 4.79 Å². The molecule has 0 bridgehead atoms. The molecule has 1 rings (SSSR count). The van der Waals surface area contributed by atoms with Crippen molar-refractivity contribution < 1.29 is 9.53 Å². The maximum absolute atomic E-state index is 11.7. The first-order valence-electron chi connectivity index (χ1n) is 5.75. The van der Waals surface area contributed by atoms with E-state index in [0.29, 0.717) is 5.69 Å². The zero-order valence-electron chi connectivity index (χ0n) is 11.0. The first kappa shape index (κ1) is 16.0. The van der Waals surface area contributed by atoms with Crippen molar-refractivity contribution in [3.05, 3.63) is 40.1 Å². The highest BCUT2D eigenvalue weighted by Crippen LogP contribution is 2.21. The molecule has 21 heavy (non-hydrogen) atoms. The lowest BCUT2D eigenvalue weighted by atomic mass is 10.2. The van der Waals surface area contributed by atoms with Crippen LogP contribution in [0.4, 0.5) is 5.69 Å². The van der Waals surface area contributed by atoms with Gasteiger partial charge in [0, 0.05) is 10.7 Å². The summed E-state index contributed by atoms with van der Waals surface area (Å²) in [4.78, 5) is 11.7. The van der Waals surface area contributed by atoms with Crippen LogP contribution in [0.25, 0.3) is 0 Å². The van der Waals surface area contributed by atoms with Crippen molar-refractivity contribution in [3.63, 3.8) is 0 Å². The van der Waals surface area contributed by atoms with Crippen LogP contribution in [-0.4, -0.2) is 12.6 Å². The van der Waals surface area contributed by atoms with Gasteiger partial charge in [0.25, 0.3) is 0 Å². The fourth-order valence-corrected chi connectivity index (χ4v) is 1.66. The fourth-order valence-electron chi connectivity index (χ4n) is 1.42. The number of anilines is 1. The first-order chi connectivity index (χ1) is 10.0. The Morgan fingerprint density at radius 1 is 1.24 bits per heavy atom. The van der Waals surface area contributed by atoms with Crippen LogP contribution in [0.1, 0.15) is 17.3 Å². The van der Waals surface area contributed by atoms with Crippen LogP contribution in [0.15, 0.2) is 29.5 Å². The van der Waals surface area contributed by atoms with E-state index in [4.69, 9.17) is 32.1 Å². The zero-order chi connectivity index (χ0) is 15.8. The molecule has 0 radical (unpaired) electrons. The summed E-state index contributed by atoms with van der Waals surface area (Å²) in [7, 11) is 0. The number of ether oxygens (including phenoxy) is 1. The molecule has 0 heterocycles. The predicted octanol–water partition coefficient (Wildman–Crippen LogP) is 2.75. The highest BCUT2D eigenvalue weighted by Gasteiger charge is 2.11. The third-order valence-electron chi connectivity index (χ3n) is 2.26. The van der Waals surface area contributed by atoms with Gasteiger partial charge >= 0.3 is 5.97 Å². The summed E-state index contributed by atoms with van der Waals surface area (Å²) in [6.07, 6.45) is 0. The summed E-state index contributed by atoms with van der Waals surface area (Å²) in [5, 5.41) is 29.3. The van der Waals surface area contributed by atoms with Crippen molar-refractivity contribution in [2.75, 3.05) is 11.9 Å². The lowest BCUT2D eigenvalue weighted by Crippen LogP contribution is -2.06. The summed E-state index contributed by atoms with van der Waals surface area (Å²) in [5.74, 6) is -0.564. The Hall–Kier alpha value is -3.01. The fraction of sp³-hybridized carbons (Fsp3) is 0.143. The number of esters is 1. The Bertz CT molecular complexity index is 704. The molecule has 0 aromatic heterocycles. The minimum Gasteiger partial charge on any atom is -0.462 e. The average Bonchev–Trinajstić information content (AvgIpc) is 2.47. The smallest absolute Gasteiger partial charge is 0.338 e. The van der Waals surface area contributed by atoms with Crippen LogP contribution >= 0.6 is 11.6 Å².